The highest BCUT2D eigenvalue weighted by Gasteiger charge is 2.26. The van der Waals surface area contributed by atoms with Crippen LogP contribution >= 0.6 is 0 Å². The maximum atomic E-state index is 12.5. The van der Waals surface area contributed by atoms with Crippen LogP contribution in [-0.2, 0) is 23.1 Å². The zero-order valence-electron chi connectivity index (χ0n) is 11.7. The smallest absolute Gasteiger partial charge is 0.246 e. The lowest BCUT2D eigenvalue weighted by molar-refractivity contribution is 0.404. The standard InChI is InChI=1S/C13H18N2O4S/c1-10-13(7-12(19-10)8-14-2)20(16,17)15(3)9-11-5-4-6-18-11/h4-7,14H,8-9H2,1-3H3. The van der Waals surface area contributed by atoms with Gasteiger partial charge in [0.15, 0.2) is 0 Å². The van der Waals surface area contributed by atoms with E-state index in [0.29, 0.717) is 23.8 Å². The minimum Gasteiger partial charge on any atom is -0.468 e. The maximum absolute atomic E-state index is 12.5. The number of sulfonamides is 1. The van der Waals surface area contributed by atoms with Gasteiger partial charge in [-0.2, -0.15) is 4.31 Å². The lowest BCUT2D eigenvalue weighted by atomic mass is 10.4. The zero-order valence-corrected chi connectivity index (χ0v) is 12.5. The normalized spacial score (nSPS) is 12.2. The Balaban J connectivity index is 2.25. The summed E-state index contributed by atoms with van der Waals surface area (Å²) >= 11 is 0. The van der Waals surface area contributed by atoms with E-state index in [1.165, 1.54) is 17.6 Å². The molecule has 0 saturated carbocycles. The summed E-state index contributed by atoms with van der Waals surface area (Å²) in [5.74, 6) is 1.57. The summed E-state index contributed by atoms with van der Waals surface area (Å²) < 4.78 is 36.8. The van der Waals surface area contributed by atoms with E-state index in [9.17, 15) is 8.42 Å². The van der Waals surface area contributed by atoms with Gasteiger partial charge in [-0.3, -0.25) is 0 Å². The topological polar surface area (TPSA) is 75.7 Å². The molecule has 7 heteroatoms. The minimum atomic E-state index is -3.59. The van der Waals surface area contributed by atoms with E-state index in [1.54, 1.807) is 32.2 Å². The summed E-state index contributed by atoms with van der Waals surface area (Å²) in [7, 11) is -0.303. The molecule has 2 aromatic rings. The Bertz CT molecular complexity index is 659. The molecule has 0 fully saturated rings. The van der Waals surface area contributed by atoms with Crippen LogP contribution in [0.2, 0.25) is 0 Å². The van der Waals surface area contributed by atoms with E-state index in [1.807, 2.05) is 0 Å². The summed E-state index contributed by atoms with van der Waals surface area (Å²) in [4.78, 5) is 0.191. The molecule has 2 rings (SSSR count). The Morgan fingerprint density at radius 1 is 1.35 bits per heavy atom. The van der Waals surface area contributed by atoms with Gasteiger partial charge in [0.05, 0.1) is 19.4 Å². The molecule has 20 heavy (non-hydrogen) atoms. The molecule has 0 aliphatic rings. The van der Waals surface area contributed by atoms with Crippen LogP contribution in [0.1, 0.15) is 17.3 Å². The Labute approximate surface area is 118 Å². The second-order valence-corrected chi connectivity index (χ2v) is 6.52. The van der Waals surface area contributed by atoms with Crippen LogP contribution in [0.15, 0.2) is 38.2 Å². The number of hydrogen-bond donors (Lipinski definition) is 1. The van der Waals surface area contributed by atoms with E-state index in [-0.39, 0.29) is 11.4 Å². The van der Waals surface area contributed by atoms with Crippen molar-refractivity contribution in [2.75, 3.05) is 14.1 Å². The van der Waals surface area contributed by atoms with Gasteiger partial charge in [0.1, 0.15) is 22.2 Å². The van der Waals surface area contributed by atoms with Gasteiger partial charge < -0.3 is 14.2 Å². The fraction of sp³-hybridized carbons (Fsp3) is 0.385. The number of furan rings is 2. The Kier molecular flexibility index (Phi) is 4.32. The monoisotopic (exact) mass is 298 g/mol. The molecule has 1 N–H and O–H groups in total. The van der Waals surface area contributed by atoms with Gasteiger partial charge in [-0.15, -0.1) is 0 Å². The molecule has 0 unspecified atom stereocenters. The van der Waals surface area contributed by atoms with Crippen molar-refractivity contribution in [2.24, 2.45) is 0 Å². The van der Waals surface area contributed by atoms with Crippen molar-refractivity contribution in [3.05, 3.63) is 41.7 Å². The third-order valence-corrected chi connectivity index (χ3v) is 4.83. The van der Waals surface area contributed by atoms with Crippen LogP contribution in [0.4, 0.5) is 0 Å². The van der Waals surface area contributed by atoms with Crippen LogP contribution in [0.25, 0.3) is 0 Å². The number of hydrogen-bond acceptors (Lipinski definition) is 5. The van der Waals surface area contributed by atoms with Gasteiger partial charge in [0, 0.05) is 13.1 Å². The second-order valence-electron chi connectivity index (χ2n) is 4.50. The van der Waals surface area contributed by atoms with Gasteiger partial charge in [-0.05, 0) is 26.1 Å². The quantitative estimate of drug-likeness (QED) is 0.879. The average molecular weight is 298 g/mol. The highest BCUT2D eigenvalue weighted by Crippen LogP contribution is 2.24. The first-order valence-electron chi connectivity index (χ1n) is 6.17. The molecule has 0 aliphatic carbocycles. The summed E-state index contributed by atoms with van der Waals surface area (Å²) in [6.07, 6.45) is 1.52. The van der Waals surface area contributed by atoms with Gasteiger partial charge >= 0.3 is 0 Å². The lowest BCUT2D eigenvalue weighted by Gasteiger charge is -2.14. The van der Waals surface area contributed by atoms with Crippen molar-refractivity contribution in [3.63, 3.8) is 0 Å². The molecular formula is C13H18N2O4S. The van der Waals surface area contributed by atoms with Crippen LogP contribution < -0.4 is 5.32 Å². The molecule has 0 aromatic carbocycles. The van der Waals surface area contributed by atoms with Crippen LogP contribution in [0, 0.1) is 6.92 Å². The van der Waals surface area contributed by atoms with Crippen LogP contribution in [-0.4, -0.2) is 26.8 Å². The molecule has 0 atom stereocenters. The van der Waals surface area contributed by atoms with Gasteiger partial charge in [0.25, 0.3) is 0 Å². The molecule has 110 valence electrons. The van der Waals surface area contributed by atoms with Crippen molar-refractivity contribution in [1.82, 2.24) is 9.62 Å². The third-order valence-electron chi connectivity index (χ3n) is 2.92. The average Bonchev–Trinajstić information content (AvgIpc) is 2.99. The third kappa shape index (κ3) is 2.95. The fourth-order valence-corrected chi connectivity index (χ4v) is 3.23. The number of nitrogens with one attached hydrogen (secondary N) is 1. The van der Waals surface area contributed by atoms with Crippen molar-refractivity contribution >= 4 is 10.0 Å². The molecule has 0 radical (unpaired) electrons. The first-order chi connectivity index (χ1) is 9.45. The molecule has 2 aromatic heterocycles. The maximum Gasteiger partial charge on any atom is 0.246 e. The summed E-state index contributed by atoms with van der Waals surface area (Å²) in [6.45, 7) is 2.31. The molecule has 0 bridgehead atoms. The van der Waals surface area contributed by atoms with Crippen LogP contribution in [0.3, 0.4) is 0 Å². The molecule has 2 heterocycles. The molecule has 0 aliphatic heterocycles. The fourth-order valence-electron chi connectivity index (χ4n) is 1.92. The van der Waals surface area contributed by atoms with Crippen molar-refractivity contribution < 1.29 is 17.3 Å². The number of rotatable bonds is 6. The highest BCUT2D eigenvalue weighted by atomic mass is 32.2. The van der Waals surface area contributed by atoms with E-state index in [4.69, 9.17) is 8.83 Å². The number of aryl methyl sites for hydroxylation is 1. The first-order valence-corrected chi connectivity index (χ1v) is 7.61. The largest absolute Gasteiger partial charge is 0.468 e. The van der Waals surface area contributed by atoms with Gasteiger partial charge in [0.2, 0.25) is 10.0 Å². The zero-order chi connectivity index (χ0) is 14.8. The van der Waals surface area contributed by atoms with Crippen molar-refractivity contribution in [3.8, 4) is 0 Å². The molecule has 0 amide bonds. The number of nitrogens with zero attached hydrogens (tertiary/aromatic N) is 1. The SMILES string of the molecule is CNCc1cc(S(=O)(=O)N(C)Cc2ccco2)c(C)o1. The molecule has 0 spiro atoms. The Hall–Kier alpha value is -1.57. The highest BCUT2D eigenvalue weighted by molar-refractivity contribution is 7.89. The van der Waals surface area contributed by atoms with E-state index >= 15 is 0 Å². The molecular weight excluding hydrogens is 280 g/mol. The Morgan fingerprint density at radius 2 is 2.10 bits per heavy atom. The van der Waals surface area contributed by atoms with E-state index < -0.39 is 10.0 Å². The second kappa shape index (κ2) is 5.82. The van der Waals surface area contributed by atoms with Gasteiger partial charge in [-0.1, -0.05) is 0 Å². The lowest BCUT2D eigenvalue weighted by Crippen LogP contribution is -2.26. The predicted molar refractivity (Wildman–Crippen MR) is 73.6 cm³/mol. The summed E-state index contributed by atoms with van der Waals surface area (Å²) in [6, 6.07) is 5.02. The Morgan fingerprint density at radius 3 is 2.70 bits per heavy atom. The summed E-state index contributed by atoms with van der Waals surface area (Å²) in [5, 5.41) is 2.92. The molecule has 6 nitrogen and oxygen atoms in total. The van der Waals surface area contributed by atoms with Crippen molar-refractivity contribution in [1.29, 1.82) is 0 Å². The van der Waals surface area contributed by atoms with Crippen LogP contribution in [0.5, 0.6) is 0 Å². The van der Waals surface area contributed by atoms with E-state index in [2.05, 4.69) is 5.32 Å². The van der Waals surface area contributed by atoms with Gasteiger partial charge in [-0.25, -0.2) is 8.42 Å². The van der Waals surface area contributed by atoms with Crippen molar-refractivity contribution in [2.45, 2.75) is 24.9 Å². The predicted octanol–water partition coefficient (Wildman–Crippen LogP) is 1.72. The molecule has 0 saturated heterocycles. The van der Waals surface area contributed by atoms with E-state index in [0.717, 1.165) is 0 Å². The minimum absolute atomic E-state index is 0.182. The summed E-state index contributed by atoms with van der Waals surface area (Å²) in [5.41, 5.74) is 0. The first kappa shape index (κ1) is 14.8.